The summed E-state index contributed by atoms with van der Waals surface area (Å²) in [6.45, 7) is 0. The van der Waals surface area contributed by atoms with Crippen molar-refractivity contribution in [1.29, 1.82) is 0 Å². The van der Waals surface area contributed by atoms with Crippen LogP contribution in [0.5, 0.6) is 0 Å². The van der Waals surface area contributed by atoms with Crippen LogP contribution < -0.4 is 5.32 Å². The molecular weight excluding hydrogens is 374 g/mol. The van der Waals surface area contributed by atoms with Crippen LogP contribution in [-0.2, 0) is 0 Å². The Morgan fingerprint density at radius 3 is 1.35 bits per heavy atom. The second kappa shape index (κ2) is 8.73. The molecule has 0 unspecified atom stereocenters. The van der Waals surface area contributed by atoms with Crippen molar-refractivity contribution in [2.75, 3.05) is 5.32 Å². The van der Waals surface area contributed by atoms with Crippen LogP contribution in [0.2, 0.25) is 0 Å². The third kappa shape index (κ3) is 4.12. The summed E-state index contributed by atoms with van der Waals surface area (Å²) in [6, 6.07) is 46.7. The number of hydrogen-bond donors (Lipinski definition) is 1. The fourth-order valence-electron chi connectivity index (χ4n) is 3.95. The van der Waals surface area contributed by atoms with Gasteiger partial charge in [-0.05, 0) is 34.4 Å². The van der Waals surface area contributed by atoms with E-state index in [1.807, 2.05) is 6.07 Å². The Bertz CT molecular complexity index is 1220. The summed E-state index contributed by atoms with van der Waals surface area (Å²) >= 11 is 0. The highest BCUT2D eigenvalue weighted by Crippen LogP contribution is 2.39. The molecule has 0 aliphatic rings. The summed E-state index contributed by atoms with van der Waals surface area (Å²) in [6.07, 6.45) is 0. The van der Waals surface area contributed by atoms with Crippen molar-refractivity contribution in [2.45, 2.75) is 0 Å². The summed E-state index contributed by atoms with van der Waals surface area (Å²) in [5.41, 5.74) is 9.37. The van der Waals surface area contributed by atoms with Gasteiger partial charge in [0.05, 0.1) is 5.69 Å². The molecule has 0 radical (unpaired) electrons. The molecule has 0 heterocycles. The third-order valence-electron chi connectivity index (χ3n) is 5.47. The van der Waals surface area contributed by atoms with Gasteiger partial charge in [-0.2, -0.15) is 0 Å². The largest absolute Gasteiger partial charge is 0.354 e. The van der Waals surface area contributed by atoms with Crippen LogP contribution >= 0.6 is 0 Å². The number of nitrogens with one attached hydrogen (secondary N) is 1. The van der Waals surface area contributed by atoms with Gasteiger partial charge in [0, 0.05) is 16.8 Å². The minimum absolute atomic E-state index is 1.07. The highest BCUT2D eigenvalue weighted by molar-refractivity contribution is 5.93. The Balaban J connectivity index is 1.63. The molecule has 0 bridgehead atoms. The lowest BCUT2D eigenvalue weighted by molar-refractivity contribution is 1.51. The van der Waals surface area contributed by atoms with Crippen LogP contribution in [0, 0.1) is 0 Å². The third-order valence-corrected chi connectivity index (χ3v) is 5.47. The van der Waals surface area contributed by atoms with Gasteiger partial charge in [0.15, 0.2) is 0 Å². The molecule has 0 fully saturated rings. The first-order chi connectivity index (χ1) is 15.4. The van der Waals surface area contributed by atoms with Crippen LogP contribution in [0.25, 0.3) is 33.4 Å². The molecule has 0 saturated carbocycles. The zero-order chi connectivity index (χ0) is 20.9. The highest BCUT2D eigenvalue weighted by Gasteiger charge is 2.12. The van der Waals surface area contributed by atoms with Crippen LogP contribution in [-0.4, -0.2) is 0 Å². The van der Waals surface area contributed by atoms with Crippen molar-refractivity contribution in [1.82, 2.24) is 0 Å². The fourth-order valence-corrected chi connectivity index (χ4v) is 3.95. The fraction of sp³-hybridized carbons (Fsp3) is 0. The lowest BCUT2D eigenvalue weighted by Crippen LogP contribution is -1.97. The summed E-state index contributed by atoms with van der Waals surface area (Å²) < 4.78 is 0. The van der Waals surface area contributed by atoms with E-state index in [1.54, 1.807) is 0 Å². The molecule has 0 atom stereocenters. The Morgan fingerprint density at radius 2 is 0.806 bits per heavy atom. The maximum absolute atomic E-state index is 3.75. The molecule has 5 rings (SSSR count). The standard InChI is InChI=1S/C30H23N/c1-4-12-23(13-5-1)26-18-10-19-27(22-26)31-30-28(24-14-6-2-7-15-24)20-11-21-29(30)25-16-8-3-9-17-25/h1-22,31H. The van der Waals surface area contributed by atoms with Crippen molar-refractivity contribution >= 4 is 11.4 Å². The van der Waals surface area contributed by atoms with E-state index in [9.17, 15) is 0 Å². The average molecular weight is 398 g/mol. The van der Waals surface area contributed by atoms with Gasteiger partial charge in [-0.3, -0.25) is 0 Å². The zero-order valence-electron chi connectivity index (χ0n) is 17.2. The van der Waals surface area contributed by atoms with Crippen molar-refractivity contribution in [2.24, 2.45) is 0 Å². The van der Waals surface area contributed by atoms with Crippen LogP contribution in [0.1, 0.15) is 0 Å². The molecule has 0 saturated heterocycles. The number of rotatable bonds is 5. The second-order valence-corrected chi connectivity index (χ2v) is 7.53. The predicted octanol–water partition coefficient (Wildman–Crippen LogP) is 8.43. The number of benzene rings is 5. The summed E-state index contributed by atoms with van der Waals surface area (Å²) in [4.78, 5) is 0. The predicted molar refractivity (Wildman–Crippen MR) is 132 cm³/mol. The topological polar surface area (TPSA) is 12.0 Å². The van der Waals surface area contributed by atoms with Crippen LogP contribution in [0.4, 0.5) is 11.4 Å². The maximum atomic E-state index is 3.75. The summed E-state index contributed by atoms with van der Waals surface area (Å²) in [7, 11) is 0. The van der Waals surface area contributed by atoms with Gasteiger partial charge < -0.3 is 5.32 Å². The van der Waals surface area contributed by atoms with Gasteiger partial charge in [0.25, 0.3) is 0 Å². The average Bonchev–Trinajstić information content (AvgIpc) is 2.86. The first-order valence-electron chi connectivity index (χ1n) is 10.5. The van der Waals surface area contributed by atoms with Crippen LogP contribution in [0.3, 0.4) is 0 Å². The molecule has 5 aromatic rings. The number of anilines is 2. The molecule has 0 aliphatic heterocycles. The molecule has 31 heavy (non-hydrogen) atoms. The quantitative estimate of drug-likeness (QED) is 0.314. The Morgan fingerprint density at radius 1 is 0.355 bits per heavy atom. The van der Waals surface area contributed by atoms with E-state index < -0.39 is 0 Å². The van der Waals surface area contributed by atoms with E-state index in [0.29, 0.717) is 0 Å². The maximum Gasteiger partial charge on any atom is 0.0543 e. The lowest BCUT2D eigenvalue weighted by Gasteiger charge is -2.18. The minimum atomic E-state index is 1.07. The number of para-hydroxylation sites is 1. The van der Waals surface area contributed by atoms with E-state index in [0.717, 1.165) is 11.4 Å². The highest BCUT2D eigenvalue weighted by atomic mass is 14.9. The van der Waals surface area contributed by atoms with Crippen LogP contribution in [0.15, 0.2) is 133 Å². The van der Waals surface area contributed by atoms with Crippen molar-refractivity contribution < 1.29 is 0 Å². The van der Waals surface area contributed by atoms with Crippen molar-refractivity contribution in [3.8, 4) is 33.4 Å². The molecule has 1 N–H and O–H groups in total. The van der Waals surface area contributed by atoms with Gasteiger partial charge in [0.2, 0.25) is 0 Å². The molecule has 0 aromatic heterocycles. The van der Waals surface area contributed by atoms with Crippen molar-refractivity contribution in [3.05, 3.63) is 133 Å². The van der Waals surface area contributed by atoms with E-state index in [4.69, 9.17) is 0 Å². The summed E-state index contributed by atoms with van der Waals surface area (Å²) in [5, 5.41) is 3.75. The Kier molecular flexibility index (Phi) is 5.32. The van der Waals surface area contributed by atoms with Gasteiger partial charge in [-0.1, -0.05) is 121 Å². The monoisotopic (exact) mass is 397 g/mol. The van der Waals surface area contributed by atoms with E-state index in [2.05, 4.69) is 133 Å². The van der Waals surface area contributed by atoms with Gasteiger partial charge in [-0.15, -0.1) is 0 Å². The van der Waals surface area contributed by atoms with Gasteiger partial charge in [0.1, 0.15) is 0 Å². The van der Waals surface area contributed by atoms with E-state index in [-0.39, 0.29) is 0 Å². The summed E-state index contributed by atoms with van der Waals surface area (Å²) in [5.74, 6) is 0. The Labute approximate surface area is 183 Å². The van der Waals surface area contributed by atoms with Crippen molar-refractivity contribution in [3.63, 3.8) is 0 Å². The lowest BCUT2D eigenvalue weighted by atomic mass is 9.95. The molecule has 1 nitrogen and oxygen atoms in total. The SMILES string of the molecule is c1ccc(-c2cccc(Nc3c(-c4ccccc4)cccc3-c3ccccc3)c2)cc1. The minimum Gasteiger partial charge on any atom is -0.354 e. The smallest absolute Gasteiger partial charge is 0.0543 e. The Hall–Kier alpha value is -4.10. The van der Waals surface area contributed by atoms with E-state index >= 15 is 0 Å². The molecule has 5 aromatic carbocycles. The van der Waals surface area contributed by atoms with Gasteiger partial charge in [-0.25, -0.2) is 0 Å². The number of hydrogen-bond acceptors (Lipinski definition) is 1. The molecule has 1 heteroatoms. The zero-order valence-corrected chi connectivity index (χ0v) is 17.2. The molecule has 148 valence electrons. The molecular formula is C30H23N. The van der Waals surface area contributed by atoms with E-state index in [1.165, 1.54) is 33.4 Å². The molecule has 0 aliphatic carbocycles. The first kappa shape index (κ1) is 18.9. The molecule has 0 amide bonds. The molecule has 0 spiro atoms. The first-order valence-corrected chi connectivity index (χ1v) is 10.5. The van der Waals surface area contributed by atoms with Gasteiger partial charge >= 0.3 is 0 Å². The normalized spacial score (nSPS) is 10.6. The second-order valence-electron chi connectivity index (χ2n) is 7.53.